The number of nitrogens with zero attached hydrogens (tertiary/aromatic N) is 1. The van der Waals surface area contributed by atoms with Gasteiger partial charge in [0.15, 0.2) is 0 Å². The number of para-hydroxylation sites is 3. The van der Waals surface area contributed by atoms with Crippen molar-refractivity contribution in [3.05, 3.63) is 139 Å². The van der Waals surface area contributed by atoms with E-state index >= 15 is 0 Å². The number of hydrogen-bond donors (Lipinski definition) is 1. The summed E-state index contributed by atoms with van der Waals surface area (Å²) in [5.74, 6) is 0. The van der Waals surface area contributed by atoms with Gasteiger partial charge in [-0.1, -0.05) is 103 Å². The summed E-state index contributed by atoms with van der Waals surface area (Å²) in [6.45, 7) is 0. The molecule has 1 aliphatic heterocycles. The van der Waals surface area contributed by atoms with Crippen molar-refractivity contribution in [3.8, 4) is 33.4 Å². The van der Waals surface area contributed by atoms with Crippen LogP contribution in [0.2, 0.25) is 0 Å². The van der Waals surface area contributed by atoms with Crippen molar-refractivity contribution in [2.24, 2.45) is 0 Å². The lowest BCUT2D eigenvalue weighted by atomic mass is 9.93. The van der Waals surface area contributed by atoms with Crippen LogP contribution in [0.25, 0.3) is 44.2 Å². The molecule has 1 unspecified atom stereocenters. The maximum atomic E-state index is 3.78. The van der Waals surface area contributed by atoms with Crippen molar-refractivity contribution in [2.45, 2.75) is 6.17 Å². The van der Waals surface area contributed by atoms with Crippen LogP contribution in [-0.2, 0) is 0 Å². The van der Waals surface area contributed by atoms with Gasteiger partial charge in [-0.15, -0.1) is 0 Å². The molecule has 2 nitrogen and oxygen atoms in total. The summed E-state index contributed by atoms with van der Waals surface area (Å²) in [6, 6.07) is 48.3. The second-order valence-corrected chi connectivity index (χ2v) is 9.83. The third-order valence-electron chi connectivity index (χ3n) is 7.81. The minimum atomic E-state index is 0.0146. The maximum absolute atomic E-state index is 3.78. The Morgan fingerprint density at radius 1 is 0.514 bits per heavy atom. The van der Waals surface area contributed by atoms with Gasteiger partial charge in [-0.2, -0.15) is 0 Å². The Hall–Kier alpha value is -4.82. The number of fused-ring (bicyclic) bond motifs is 4. The van der Waals surface area contributed by atoms with Crippen LogP contribution in [0.4, 0.5) is 17.1 Å². The second-order valence-electron chi connectivity index (χ2n) is 9.83. The van der Waals surface area contributed by atoms with Crippen molar-refractivity contribution in [3.63, 3.8) is 0 Å². The van der Waals surface area contributed by atoms with Crippen molar-refractivity contribution < 1.29 is 0 Å². The highest BCUT2D eigenvalue weighted by atomic mass is 15.3. The molecule has 0 saturated carbocycles. The smallest absolute Gasteiger partial charge is 0.130 e. The van der Waals surface area contributed by atoms with E-state index in [2.05, 4.69) is 144 Å². The molecule has 1 atom stereocenters. The van der Waals surface area contributed by atoms with Crippen molar-refractivity contribution in [1.29, 1.82) is 0 Å². The van der Waals surface area contributed by atoms with E-state index in [9.17, 15) is 0 Å². The third kappa shape index (κ3) is 2.99. The molecule has 2 heteroatoms. The molecule has 1 N–H and O–H groups in total. The van der Waals surface area contributed by atoms with Gasteiger partial charge >= 0.3 is 0 Å². The highest BCUT2D eigenvalue weighted by Gasteiger charge is 2.31. The van der Waals surface area contributed by atoms with E-state index in [4.69, 9.17) is 0 Å². The number of anilines is 3. The molecule has 1 aliphatic carbocycles. The van der Waals surface area contributed by atoms with Gasteiger partial charge in [0.2, 0.25) is 0 Å². The molecule has 2 aliphatic rings. The lowest BCUT2D eigenvalue weighted by Crippen LogP contribution is -2.23. The molecule has 0 amide bonds. The predicted molar refractivity (Wildman–Crippen MR) is 155 cm³/mol. The molecule has 0 radical (unpaired) electrons. The summed E-state index contributed by atoms with van der Waals surface area (Å²) in [5, 5.41) is 6.46. The molecule has 6 aromatic rings. The number of nitrogens with one attached hydrogen (secondary N) is 1. The fraction of sp³-hybridized carbons (Fsp3) is 0.0286. The highest BCUT2D eigenvalue weighted by molar-refractivity contribution is 6.18. The van der Waals surface area contributed by atoms with E-state index in [0.717, 1.165) is 5.69 Å². The first-order chi connectivity index (χ1) is 18.4. The van der Waals surface area contributed by atoms with E-state index < -0.39 is 0 Å². The molecule has 0 fully saturated rings. The average molecular weight is 473 g/mol. The Morgan fingerprint density at radius 3 is 2.05 bits per heavy atom. The van der Waals surface area contributed by atoms with Gasteiger partial charge in [0.1, 0.15) is 6.17 Å². The van der Waals surface area contributed by atoms with E-state index in [1.165, 1.54) is 61.1 Å². The Bertz CT molecular complexity index is 1790. The van der Waals surface area contributed by atoms with Crippen LogP contribution in [0.5, 0.6) is 0 Å². The quantitative estimate of drug-likeness (QED) is 0.275. The van der Waals surface area contributed by atoms with Crippen LogP contribution >= 0.6 is 0 Å². The van der Waals surface area contributed by atoms with Crippen LogP contribution in [0, 0.1) is 0 Å². The number of hydrogen-bond acceptors (Lipinski definition) is 2. The van der Waals surface area contributed by atoms with E-state index in [1.807, 2.05) is 0 Å². The highest BCUT2D eigenvalue weighted by Crippen LogP contribution is 2.50. The SMILES string of the molecule is c1ccc(N2c3ccccc3NC2c2cccc(-c3ccc4c5c(cccc35)-c3ccccc3-4)c2)cc1. The van der Waals surface area contributed by atoms with Crippen LogP contribution in [-0.4, -0.2) is 0 Å². The van der Waals surface area contributed by atoms with Crippen molar-refractivity contribution in [2.75, 3.05) is 10.2 Å². The van der Waals surface area contributed by atoms with Crippen LogP contribution in [0.15, 0.2) is 133 Å². The maximum Gasteiger partial charge on any atom is 0.130 e. The fourth-order valence-corrected chi connectivity index (χ4v) is 6.20. The zero-order chi connectivity index (χ0) is 24.3. The predicted octanol–water partition coefficient (Wildman–Crippen LogP) is 9.42. The first kappa shape index (κ1) is 20.4. The summed E-state index contributed by atoms with van der Waals surface area (Å²) in [7, 11) is 0. The molecule has 0 saturated heterocycles. The number of benzene rings is 6. The Morgan fingerprint density at radius 2 is 1.19 bits per heavy atom. The first-order valence-electron chi connectivity index (χ1n) is 12.8. The topological polar surface area (TPSA) is 15.3 Å². The van der Waals surface area contributed by atoms with Gasteiger partial charge in [-0.05, 0) is 80.0 Å². The van der Waals surface area contributed by atoms with Crippen molar-refractivity contribution >= 4 is 27.8 Å². The normalized spacial score (nSPS) is 14.9. The molecule has 0 spiro atoms. The van der Waals surface area contributed by atoms with Crippen molar-refractivity contribution in [1.82, 2.24) is 0 Å². The molecule has 37 heavy (non-hydrogen) atoms. The second kappa shape index (κ2) is 7.84. The largest absolute Gasteiger partial charge is 0.359 e. The lowest BCUT2D eigenvalue weighted by molar-refractivity contribution is 0.828. The summed E-state index contributed by atoms with van der Waals surface area (Å²) in [4.78, 5) is 2.40. The summed E-state index contributed by atoms with van der Waals surface area (Å²) in [5.41, 5.74) is 12.6. The van der Waals surface area contributed by atoms with E-state index in [0.29, 0.717) is 0 Å². The summed E-state index contributed by atoms with van der Waals surface area (Å²) in [6.07, 6.45) is 0.0146. The minimum absolute atomic E-state index is 0.0146. The van der Waals surface area contributed by atoms with Gasteiger partial charge in [0, 0.05) is 5.69 Å². The third-order valence-corrected chi connectivity index (χ3v) is 7.81. The Labute approximate surface area is 216 Å². The van der Waals surface area contributed by atoms with Crippen LogP contribution < -0.4 is 10.2 Å². The molecule has 8 rings (SSSR count). The molecule has 0 aromatic heterocycles. The molecule has 1 heterocycles. The molecular weight excluding hydrogens is 448 g/mol. The summed E-state index contributed by atoms with van der Waals surface area (Å²) < 4.78 is 0. The van der Waals surface area contributed by atoms with Gasteiger partial charge in [-0.3, -0.25) is 0 Å². The Kier molecular flexibility index (Phi) is 4.32. The first-order valence-corrected chi connectivity index (χ1v) is 12.8. The summed E-state index contributed by atoms with van der Waals surface area (Å²) >= 11 is 0. The fourth-order valence-electron chi connectivity index (χ4n) is 6.20. The van der Waals surface area contributed by atoms with Crippen LogP contribution in [0.3, 0.4) is 0 Å². The van der Waals surface area contributed by atoms with Gasteiger partial charge in [0.05, 0.1) is 11.4 Å². The van der Waals surface area contributed by atoms with E-state index in [1.54, 1.807) is 0 Å². The number of rotatable bonds is 3. The average Bonchev–Trinajstić information content (AvgIpc) is 3.52. The van der Waals surface area contributed by atoms with E-state index in [-0.39, 0.29) is 6.17 Å². The lowest BCUT2D eigenvalue weighted by Gasteiger charge is -2.27. The zero-order valence-corrected chi connectivity index (χ0v) is 20.2. The standard InChI is InChI=1S/C35H24N2/c1-2-12-25(13-3-1)37-33-19-7-6-18-32(33)36-35(37)24-11-8-10-23(22-24)26-20-21-31-28-15-5-4-14-27(28)30-17-9-16-29(26)34(30)31/h1-22,35-36H. The molecule has 6 aromatic carbocycles. The molecular formula is C35H24N2. The van der Waals surface area contributed by atoms with Crippen LogP contribution in [0.1, 0.15) is 11.7 Å². The van der Waals surface area contributed by atoms with Gasteiger partial charge in [0.25, 0.3) is 0 Å². The molecule has 0 bridgehead atoms. The zero-order valence-electron chi connectivity index (χ0n) is 20.2. The molecule has 174 valence electrons. The van der Waals surface area contributed by atoms with Gasteiger partial charge < -0.3 is 10.2 Å². The monoisotopic (exact) mass is 472 g/mol. The van der Waals surface area contributed by atoms with Gasteiger partial charge in [-0.25, -0.2) is 0 Å². The minimum Gasteiger partial charge on any atom is -0.359 e. The Balaban J connectivity index is 1.27.